The van der Waals surface area contributed by atoms with Gasteiger partial charge in [-0.25, -0.2) is 13.8 Å². The summed E-state index contributed by atoms with van der Waals surface area (Å²) in [6, 6.07) is 7.90. The summed E-state index contributed by atoms with van der Waals surface area (Å²) >= 11 is 0. The molecule has 0 bridgehead atoms. The lowest BCUT2D eigenvalue weighted by atomic mass is 9.76. The van der Waals surface area contributed by atoms with Crippen LogP contribution in [0.1, 0.15) is 117 Å². The Morgan fingerprint density at radius 2 is 1.56 bits per heavy atom. The molecule has 61 heavy (non-hydrogen) atoms. The van der Waals surface area contributed by atoms with E-state index in [-0.39, 0.29) is 65.8 Å². The summed E-state index contributed by atoms with van der Waals surface area (Å²) in [6.07, 6.45) is 11.0. The number of H-pyrrole nitrogens is 1. The molecule has 2 aliphatic heterocycles. The summed E-state index contributed by atoms with van der Waals surface area (Å²) in [5, 5.41) is 6.92. The van der Waals surface area contributed by atoms with Crippen molar-refractivity contribution in [3.05, 3.63) is 53.6 Å². The maximum Gasteiger partial charge on any atom is 0.245 e. The van der Waals surface area contributed by atoms with E-state index < -0.39 is 17.7 Å². The van der Waals surface area contributed by atoms with Gasteiger partial charge in [-0.1, -0.05) is 46.5 Å². The molecule has 6 unspecified atom stereocenters. The fourth-order valence-corrected chi connectivity index (χ4v) is 10.2. The number of nitrogens with one attached hydrogen (secondary N) is 3. The smallest absolute Gasteiger partial charge is 0.245 e. The average Bonchev–Trinajstić information content (AvgIpc) is 4.07. The van der Waals surface area contributed by atoms with Crippen molar-refractivity contribution in [2.75, 3.05) is 20.1 Å². The van der Waals surface area contributed by atoms with E-state index in [4.69, 9.17) is 4.98 Å². The number of likely N-dealkylation sites (N-methyl/N-ethyl adjacent to an activating group) is 1. The fourth-order valence-electron chi connectivity index (χ4n) is 10.2. The molecule has 0 radical (unpaired) electrons. The zero-order valence-electron chi connectivity index (χ0n) is 36.7. The molecule has 1 aliphatic carbocycles. The second kappa shape index (κ2) is 19.6. The summed E-state index contributed by atoms with van der Waals surface area (Å²) < 4.78 is 31.8. The molecular weight excluding hydrogens is 777 g/mol. The van der Waals surface area contributed by atoms with E-state index in [9.17, 15) is 28.0 Å². The van der Waals surface area contributed by atoms with Gasteiger partial charge in [0.2, 0.25) is 17.7 Å². The number of aromatic nitrogens is 3. The molecule has 4 aromatic rings. The van der Waals surface area contributed by atoms with Crippen LogP contribution < -0.4 is 10.6 Å². The first kappa shape index (κ1) is 44.4. The zero-order chi connectivity index (χ0) is 43.4. The van der Waals surface area contributed by atoms with Crippen LogP contribution in [0.15, 0.2) is 36.4 Å². The van der Waals surface area contributed by atoms with Gasteiger partial charge in [-0.05, 0) is 114 Å². The minimum Gasteiger partial charge on any atom is -0.352 e. The Morgan fingerprint density at radius 3 is 2.26 bits per heavy atom. The maximum atomic E-state index is 14.9. The number of benzene rings is 2. The second-order valence-corrected chi connectivity index (χ2v) is 18.1. The molecule has 330 valence electrons. The third-order valence-electron chi connectivity index (χ3n) is 14.1. The Balaban J connectivity index is 1.24. The number of rotatable bonds is 17. The lowest BCUT2D eigenvalue weighted by Crippen LogP contribution is -2.51. The fraction of sp³-hybridized carbons (Fsp3) is 0.604. The van der Waals surface area contributed by atoms with Gasteiger partial charge in [0, 0.05) is 66.9 Å². The van der Waals surface area contributed by atoms with Crippen molar-refractivity contribution >= 4 is 45.4 Å². The van der Waals surface area contributed by atoms with Gasteiger partial charge in [-0.2, -0.15) is 0 Å². The van der Waals surface area contributed by atoms with Crippen molar-refractivity contribution in [2.24, 2.45) is 17.8 Å². The lowest BCUT2D eigenvalue weighted by molar-refractivity contribution is -0.141. The monoisotopic (exact) mass is 842 g/mol. The normalized spacial score (nSPS) is 20.6. The highest BCUT2D eigenvalue weighted by Crippen LogP contribution is 2.39. The molecule has 2 saturated heterocycles. The molecule has 7 rings (SSSR count). The predicted molar refractivity (Wildman–Crippen MR) is 235 cm³/mol. The first-order valence-electron chi connectivity index (χ1n) is 23.0. The van der Waals surface area contributed by atoms with Crippen LogP contribution >= 0.6 is 0 Å². The van der Waals surface area contributed by atoms with Gasteiger partial charge < -0.3 is 30.0 Å². The second-order valence-electron chi connectivity index (χ2n) is 18.1. The lowest BCUT2D eigenvalue weighted by Gasteiger charge is -2.35. The van der Waals surface area contributed by atoms with Crippen LogP contribution in [-0.2, 0) is 32.1 Å². The molecular formula is C48H65F2N7O4. The van der Waals surface area contributed by atoms with Crippen molar-refractivity contribution in [3.8, 4) is 11.5 Å². The van der Waals surface area contributed by atoms with Crippen molar-refractivity contribution in [2.45, 2.75) is 148 Å². The maximum absolute atomic E-state index is 14.9. The molecule has 0 spiro atoms. The first-order chi connectivity index (χ1) is 29.4. The van der Waals surface area contributed by atoms with E-state index in [0.717, 1.165) is 75.2 Å². The van der Waals surface area contributed by atoms with Gasteiger partial charge in [-0.3, -0.25) is 19.2 Å². The van der Waals surface area contributed by atoms with Crippen LogP contribution in [0, 0.1) is 29.4 Å². The van der Waals surface area contributed by atoms with E-state index in [1.54, 1.807) is 19.2 Å². The number of hydrogen-bond acceptors (Lipinski definition) is 6. The highest BCUT2D eigenvalue weighted by molar-refractivity contribution is 5.93. The van der Waals surface area contributed by atoms with Crippen molar-refractivity contribution in [3.63, 3.8) is 0 Å². The summed E-state index contributed by atoms with van der Waals surface area (Å²) in [4.78, 5) is 67.9. The largest absolute Gasteiger partial charge is 0.352 e. The van der Waals surface area contributed by atoms with Gasteiger partial charge in [0.1, 0.15) is 23.5 Å². The molecule has 3 N–H and O–H groups in total. The number of carbonyl (C=O) groups is 4. The summed E-state index contributed by atoms with van der Waals surface area (Å²) in [5.74, 6) is -0.801. The van der Waals surface area contributed by atoms with Crippen molar-refractivity contribution in [1.29, 1.82) is 0 Å². The molecule has 3 amide bonds. The number of amides is 3. The number of nitrogens with zero attached hydrogens (tertiary/aromatic N) is 4. The average molecular weight is 842 g/mol. The van der Waals surface area contributed by atoms with Crippen LogP contribution in [-0.4, -0.2) is 92.1 Å². The van der Waals surface area contributed by atoms with E-state index in [2.05, 4.69) is 15.6 Å². The van der Waals surface area contributed by atoms with E-state index in [1.807, 2.05) is 42.1 Å². The van der Waals surface area contributed by atoms with E-state index >= 15 is 0 Å². The minimum absolute atomic E-state index is 0.0499. The first-order valence-corrected chi connectivity index (χ1v) is 23.0. The zero-order valence-corrected chi connectivity index (χ0v) is 36.7. The molecule has 2 aromatic carbocycles. The number of imidazole rings is 1. The Labute approximate surface area is 358 Å². The highest BCUT2D eigenvalue weighted by Gasteiger charge is 2.40. The van der Waals surface area contributed by atoms with Crippen LogP contribution in [0.4, 0.5) is 8.78 Å². The van der Waals surface area contributed by atoms with Crippen LogP contribution in [0.3, 0.4) is 0 Å². The van der Waals surface area contributed by atoms with Crippen LogP contribution in [0.5, 0.6) is 0 Å². The molecule has 2 aromatic heterocycles. The van der Waals surface area contributed by atoms with Crippen LogP contribution in [0.2, 0.25) is 0 Å². The van der Waals surface area contributed by atoms with Gasteiger partial charge in [0.05, 0.1) is 22.8 Å². The van der Waals surface area contributed by atoms with E-state index in [1.165, 1.54) is 24.3 Å². The molecule has 3 fully saturated rings. The topological polar surface area (TPSA) is 132 Å². The predicted octanol–water partition coefficient (Wildman–Crippen LogP) is 8.08. The van der Waals surface area contributed by atoms with Gasteiger partial charge in [0.25, 0.3) is 0 Å². The Kier molecular flexibility index (Phi) is 14.3. The van der Waals surface area contributed by atoms with Crippen LogP contribution in [0.25, 0.3) is 33.5 Å². The van der Waals surface area contributed by atoms with Gasteiger partial charge in [0.15, 0.2) is 5.82 Å². The number of fused-ring (bicyclic) bond motifs is 2. The van der Waals surface area contributed by atoms with E-state index in [0.29, 0.717) is 67.0 Å². The summed E-state index contributed by atoms with van der Waals surface area (Å²) in [5.41, 5.74) is 3.31. The molecule has 11 nitrogen and oxygen atoms in total. The minimum atomic E-state index is -0.630. The molecule has 13 heteroatoms. The molecule has 3 aliphatic rings. The van der Waals surface area contributed by atoms with Gasteiger partial charge >= 0.3 is 0 Å². The summed E-state index contributed by atoms with van der Waals surface area (Å²) in [7, 11) is 1.77. The quantitative estimate of drug-likeness (QED) is 0.0986. The van der Waals surface area contributed by atoms with Gasteiger partial charge in [-0.15, -0.1) is 0 Å². The number of likely N-dealkylation sites (tertiary alicyclic amines) is 2. The molecule has 6 atom stereocenters. The Hall–Kier alpha value is -4.65. The number of aromatic amines is 1. The number of carbonyl (C=O) groups excluding carboxylic acids is 4. The number of ketones is 1. The Bertz CT molecular complexity index is 2210. The molecule has 1 saturated carbocycles. The number of Topliss-reactive ketones (excluding diaryl/α,β-unsaturated/α-hetero) is 1. The summed E-state index contributed by atoms with van der Waals surface area (Å²) in [6.45, 7) is 9.23. The SMILES string of the molecule is CCCC(NC(=O)C(C)CC)C(=O)N1CCCC1Cn1c(-c2[nH]c3cc(F)ccc3c2CC2CCCN2C(=O)C(CC(=O)C(C)NC)C2CCCCC2)nc2cc(F)ccc21. The number of halogens is 2. The number of hydrogen-bond donors (Lipinski definition) is 3. The third kappa shape index (κ3) is 9.56. The Morgan fingerprint density at radius 1 is 0.869 bits per heavy atom. The standard InChI is InChI=1S/C48H65F2N7O4/c1-6-13-39(54-46(59)29(3)7-2)48(61)56-23-12-17-35(56)28-57-42-21-19-33(50)25-41(42)53-45(57)44-38(36-20-18-32(49)24-40(36)52-44)26-34-16-11-22-55(34)47(60)37(27-43(58)30(4)51-5)31-14-9-8-10-15-31/h18-21,24-25,29-31,34-35,37,39,51-52H,6-17,22-23,26-28H2,1-5H3,(H,54,59). The third-order valence-corrected chi connectivity index (χ3v) is 14.1. The van der Waals surface area contributed by atoms with Crippen molar-refractivity contribution < 1.29 is 28.0 Å². The molecule has 4 heterocycles. The highest BCUT2D eigenvalue weighted by atomic mass is 19.1. The van der Waals surface area contributed by atoms with Crippen molar-refractivity contribution in [1.82, 2.24) is 35.0 Å².